The minimum atomic E-state index is -0.500. The Labute approximate surface area is 167 Å². The number of anilines is 1. The van der Waals surface area contributed by atoms with Crippen molar-refractivity contribution >= 4 is 34.5 Å². The SMILES string of the molecule is Cc1ccsc1CN(C(=O)CCOCC1CCCO1)c1ccc(F)c(Cl)c1. The Kier molecular flexibility index (Phi) is 7.24. The van der Waals surface area contributed by atoms with E-state index >= 15 is 0 Å². The molecular weight excluding hydrogens is 389 g/mol. The van der Waals surface area contributed by atoms with Crippen LogP contribution in [0.4, 0.5) is 10.1 Å². The molecule has 0 saturated carbocycles. The van der Waals surface area contributed by atoms with Crippen molar-refractivity contribution in [2.45, 2.75) is 38.8 Å². The van der Waals surface area contributed by atoms with Gasteiger partial charge >= 0.3 is 0 Å². The van der Waals surface area contributed by atoms with Crippen molar-refractivity contribution in [2.75, 3.05) is 24.7 Å². The lowest BCUT2D eigenvalue weighted by Gasteiger charge is -2.23. The molecule has 4 nitrogen and oxygen atoms in total. The van der Waals surface area contributed by atoms with Crippen molar-refractivity contribution in [2.24, 2.45) is 0 Å². The Balaban J connectivity index is 1.65. The van der Waals surface area contributed by atoms with Crippen LogP contribution in [-0.4, -0.2) is 31.8 Å². The van der Waals surface area contributed by atoms with Crippen LogP contribution in [0.5, 0.6) is 0 Å². The minimum Gasteiger partial charge on any atom is -0.378 e. The van der Waals surface area contributed by atoms with E-state index < -0.39 is 5.82 Å². The van der Waals surface area contributed by atoms with Crippen molar-refractivity contribution in [3.63, 3.8) is 0 Å². The second-order valence-electron chi connectivity index (χ2n) is 6.57. The highest BCUT2D eigenvalue weighted by Gasteiger charge is 2.20. The summed E-state index contributed by atoms with van der Waals surface area (Å²) in [7, 11) is 0. The standard InChI is InChI=1S/C20H23ClFNO3S/c1-14-7-10-27-19(14)12-23(15-4-5-18(22)17(21)11-15)20(24)6-9-25-13-16-3-2-8-26-16/h4-5,7,10-11,16H,2-3,6,8-9,12-13H2,1H3. The topological polar surface area (TPSA) is 38.8 Å². The first-order valence-corrected chi connectivity index (χ1v) is 10.3. The average molecular weight is 412 g/mol. The molecule has 0 radical (unpaired) electrons. The molecule has 2 aromatic rings. The molecule has 0 aliphatic carbocycles. The minimum absolute atomic E-state index is 0.00262. The smallest absolute Gasteiger partial charge is 0.229 e. The Morgan fingerprint density at radius 1 is 1.44 bits per heavy atom. The molecule has 1 atom stereocenters. The predicted molar refractivity (Wildman–Crippen MR) is 106 cm³/mol. The van der Waals surface area contributed by atoms with Gasteiger partial charge in [0.1, 0.15) is 5.82 Å². The molecule has 1 aliphatic rings. The highest BCUT2D eigenvalue weighted by atomic mass is 35.5. The van der Waals surface area contributed by atoms with Crippen molar-refractivity contribution in [3.05, 3.63) is 50.9 Å². The molecule has 1 amide bonds. The lowest BCUT2D eigenvalue weighted by atomic mass is 10.2. The van der Waals surface area contributed by atoms with Crippen LogP contribution >= 0.6 is 22.9 Å². The molecule has 1 unspecified atom stereocenters. The fourth-order valence-electron chi connectivity index (χ4n) is 2.97. The van der Waals surface area contributed by atoms with Crippen LogP contribution in [0.25, 0.3) is 0 Å². The Morgan fingerprint density at radius 2 is 2.30 bits per heavy atom. The van der Waals surface area contributed by atoms with Crippen LogP contribution < -0.4 is 4.90 Å². The first-order valence-electron chi connectivity index (χ1n) is 9.02. The zero-order valence-corrected chi connectivity index (χ0v) is 16.8. The molecule has 0 bridgehead atoms. The number of carbonyl (C=O) groups is 1. The third-order valence-electron chi connectivity index (χ3n) is 4.57. The predicted octanol–water partition coefficient (Wildman–Crippen LogP) is 4.97. The van der Waals surface area contributed by atoms with Gasteiger partial charge < -0.3 is 14.4 Å². The molecule has 7 heteroatoms. The van der Waals surface area contributed by atoms with Crippen LogP contribution in [0.3, 0.4) is 0 Å². The Bertz CT molecular complexity index is 776. The quantitative estimate of drug-likeness (QED) is 0.576. The Morgan fingerprint density at radius 3 is 2.96 bits per heavy atom. The average Bonchev–Trinajstić information content (AvgIpc) is 3.31. The summed E-state index contributed by atoms with van der Waals surface area (Å²) < 4.78 is 24.7. The van der Waals surface area contributed by atoms with Gasteiger partial charge in [-0.05, 0) is 55.0 Å². The second-order valence-corrected chi connectivity index (χ2v) is 7.97. The molecule has 27 heavy (non-hydrogen) atoms. The maximum atomic E-state index is 13.5. The molecule has 0 spiro atoms. The number of rotatable bonds is 8. The lowest BCUT2D eigenvalue weighted by molar-refractivity contribution is -0.120. The molecule has 1 aromatic carbocycles. The summed E-state index contributed by atoms with van der Waals surface area (Å²) in [5.74, 6) is -0.585. The fraction of sp³-hybridized carbons (Fsp3) is 0.450. The monoisotopic (exact) mass is 411 g/mol. The van der Waals surface area contributed by atoms with Crippen molar-refractivity contribution in [1.82, 2.24) is 0 Å². The molecular formula is C20H23ClFNO3S. The molecule has 2 heterocycles. The van der Waals surface area contributed by atoms with Gasteiger partial charge in [0.2, 0.25) is 5.91 Å². The van der Waals surface area contributed by atoms with Crippen molar-refractivity contribution in [1.29, 1.82) is 0 Å². The Hall–Kier alpha value is -1.47. The van der Waals surface area contributed by atoms with Crippen LogP contribution in [-0.2, 0) is 20.8 Å². The summed E-state index contributed by atoms with van der Waals surface area (Å²) >= 11 is 7.52. The first-order chi connectivity index (χ1) is 13.0. The summed E-state index contributed by atoms with van der Waals surface area (Å²) in [6, 6.07) is 6.37. The summed E-state index contributed by atoms with van der Waals surface area (Å²) in [5.41, 5.74) is 1.71. The number of amides is 1. The second kappa shape index (κ2) is 9.64. The van der Waals surface area contributed by atoms with E-state index in [-0.39, 0.29) is 23.5 Å². The molecule has 1 aromatic heterocycles. The van der Waals surface area contributed by atoms with Gasteiger partial charge in [-0.25, -0.2) is 4.39 Å². The van der Waals surface area contributed by atoms with E-state index in [2.05, 4.69) is 0 Å². The number of benzene rings is 1. The van der Waals surface area contributed by atoms with Gasteiger partial charge in [-0.3, -0.25) is 4.79 Å². The molecule has 0 N–H and O–H groups in total. The molecule has 146 valence electrons. The van der Waals surface area contributed by atoms with Gasteiger partial charge in [0.15, 0.2) is 0 Å². The number of hydrogen-bond donors (Lipinski definition) is 0. The van der Waals surface area contributed by atoms with Crippen LogP contribution in [0.15, 0.2) is 29.6 Å². The zero-order chi connectivity index (χ0) is 19.2. The summed E-state index contributed by atoms with van der Waals surface area (Å²) in [5, 5.41) is 2.00. The number of ether oxygens (including phenoxy) is 2. The number of thiophene rings is 1. The van der Waals surface area contributed by atoms with E-state index in [9.17, 15) is 9.18 Å². The first kappa shape index (κ1) is 20.3. The van der Waals surface area contributed by atoms with E-state index in [0.29, 0.717) is 25.4 Å². The van der Waals surface area contributed by atoms with E-state index in [0.717, 1.165) is 29.9 Å². The van der Waals surface area contributed by atoms with Gasteiger partial charge in [0, 0.05) is 17.2 Å². The number of carbonyl (C=O) groups excluding carboxylic acids is 1. The number of hydrogen-bond acceptors (Lipinski definition) is 4. The van der Waals surface area contributed by atoms with E-state index in [4.69, 9.17) is 21.1 Å². The van der Waals surface area contributed by atoms with Gasteiger partial charge in [-0.15, -0.1) is 11.3 Å². The van der Waals surface area contributed by atoms with E-state index in [1.54, 1.807) is 22.3 Å². The summed E-state index contributed by atoms with van der Waals surface area (Å²) in [4.78, 5) is 15.6. The number of nitrogens with zero attached hydrogens (tertiary/aromatic N) is 1. The van der Waals surface area contributed by atoms with Crippen LogP contribution in [0.1, 0.15) is 29.7 Å². The van der Waals surface area contributed by atoms with E-state index in [1.807, 2.05) is 18.4 Å². The molecule has 1 saturated heterocycles. The van der Waals surface area contributed by atoms with Gasteiger partial charge in [-0.2, -0.15) is 0 Å². The third kappa shape index (κ3) is 5.51. The molecule has 1 fully saturated rings. The fourth-order valence-corrected chi connectivity index (χ4v) is 4.04. The highest BCUT2D eigenvalue weighted by molar-refractivity contribution is 7.10. The largest absolute Gasteiger partial charge is 0.378 e. The van der Waals surface area contributed by atoms with Crippen molar-refractivity contribution in [3.8, 4) is 0 Å². The van der Waals surface area contributed by atoms with Gasteiger partial charge in [0.05, 0.1) is 37.3 Å². The lowest BCUT2D eigenvalue weighted by Crippen LogP contribution is -2.31. The maximum absolute atomic E-state index is 13.5. The zero-order valence-electron chi connectivity index (χ0n) is 15.2. The maximum Gasteiger partial charge on any atom is 0.229 e. The summed E-state index contributed by atoms with van der Waals surface area (Å²) in [6.07, 6.45) is 2.45. The van der Waals surface area contributed by atoms with Gasteiger partial charge in [-0.1, -0.05) is 11.6 Å². The molecule has 3 rings (SSSR count). The normalized spacial score (nSPS) is 16.6. The third-order valence-corrected chi connectivity index (χ3v) is 5.87. The van der Waals surface area contributed by atoms with Crippen LogP contribution in [0.2, 0.25) is 5.02 Å². The number of aryl methyl sites for hydroxylation is 1. The molecule has 1 aliphatic heterocycles. The van der Waals surface area contributed by atoms with Gasteiger partial charge in [0.25, 0.3) is 0 Å². The van der Waals surface area contributed by atoms with Crippen LogP contribution in [0, 0.1) is 12.7 Å². The number of halogens is 2. The van der Waals surface area contributed by atoms with E-state index in [1.165, 1.54) is 12.1 Å². The highest BCUT2D eigenvalue weighted by Crippen LogP contribution is 2.27. The van der Waals surface area contributed by atoms with Crippen molar-refractivity contribution < 1.29 is 18.7 Å². The summed E-state index contributed by atoms with van der Waals surface area (Å²) in [6.45, 7) is 4.06.